The second-order valence-corrected chi connectivity index (χ2v) is 10.3. The van der Waals surface area contributed by atoms with Crippen LogP contribution in [0.1, 0.15) is 27.7 Å². The zero-order chi connectivity index (χ0) is 16.8. The molecule has 0 aromatic carbocycles. The van der Waals surface area contributed by atoms with Gasteiger partial charge in [0, 0.05) is 26.2 Å². The molecule has 0 bridgehead atoms. The van der Waals surface area contributed by atoms with E-state index in [1.165, 1.54) is 0 Å². The van der Waals surface area contributed by atoms with Gasteiger partial charge in [0.1, 0.15) is 0 Å². The lowest BCUT2D eigenvalue weighted by Crippen LogP contribution is -2.33. The molecule has 0 N–H and O–H groups in total. The lowest BCUT2D eigenvalue weighted by atomic mass is 10.8. The average Bonchev–Trinajstić information content (AvgIpc) is 2.50. The fourth-order valence-electron chi connectivity index (χ4n) is 1.62. The van der Waals surface area contributed by atoms with E-state index in [1.807, 2.05) is 27.7 Å². The van der Waals surface area contributed by atoms with Crippen LogP contribution in [0.4, 0.5) is 0 Å². The van der Waals surface area contributed by atoms with Crippen molar-refractivity contribution in [1.82, 2.24) is 18.7 Å². The maximum atomic E-state index is 13.3. The Kier molecular flexibility index (Phi) is 8.89. The Morgan fingerprint density at radius 3 is 0.952 bits per heavy atom. The van der Waals surface area contributed by atoms with Crippen molar-refractivity contribution in [1.29, 1.82) is 0 Å². The molecule has 0 saturated carbocycles. The van der Waals surface area contributed by atoms with Crippen molar-refractivity contribution in [2.75, 3.05) is 54.4 Å². The van der Waals surface area contributed by atoms with E-state index in [-0.39, 0.29) is 0 Å². The van der Waals surface area contributed by atoms with Crippen molar-refractivity contribution < 1.29 is 13.4 Å². The van der Waals surface area contributed by atoms with E-state index in [4.69, 9.17) is 4.31 Å². The van der Waals surface area contributed by atoms with Crippen LogP contribution in [0.25, 0.3) is 0 Å². The summed E-state index contributed by atoms with van der Waals surface area (Å²) < 4.78 is 39.1. The maximum absolute atomic E-state index is 13.3. The number of hydrogen-bond acceptors (Lipinski definition) is 3. The fraction of sp³-hybridized carbons (Fsp3) is 1.00. The normalized spacial score (nSPS) is 13.9. The van der Waals surface area contributed by atoms with Crippen molar-refractivity contribution in [3.05, 3.63) is 0 Å². The quantitative estimate of drug-likeness (QED) is 0.566. The van der Waals surface area contributed by atoms with Gasteiger partial charge in [0.15, 0.2) is 0 Å². The molecule has 0 aliphatic heterocycles. The van der Waals surface area contributed by atoms with Gasteiger partial charge < -0.3 is 0 Å². The molecule has 0 unspecified atom stereocenters. The highest BCUT2D eigenvalue weighted by Crippen LogP contribution is 2.68. The smallest absolute Gasteiger partial charge is 0.255 e. The average molecular weight is 342 g/mol. The summed E-state index contributed by atoms with van der Waals surface area (Å²) in [5, 5.41) is 0. The SMILES string of the molecule is CCN(C)P(=O)(OP(=O)(N(C)CC)N(C)CC)N(C)CC. The van der Waals surface area contributed by atoms with E-state index < -0.39 is 15.3 Å². The first-order valence-corrected chi connectivity index (χ1v) is 10.5. The summed E-state index contributed by atoms with van der Waals surface area (Å²) >= 11 is 0. The molecule has 0 amide bonds. The molecule has 0 saturated heterocycles. The van der Waals surface area contributed by atoms with E-state index in [2.05, 4.69) is 0 Å². The summed E-state index contributed by atoms with van der Waals surface area (Å²) in [6.07, 6.45) is 0. The van der Waals surface area contributed by atoms with Gasteiger partial charge in [0.2, 0.25) is 0 Å². The molecule has 9 heteroatoms. The van der Waals surface area contributed by atoms with Crippen LogP contribution in [0.3, 0.4) is 0 Å². The summed E-state index contributed by atoms with van der Waals surface area (Å²) in [7, 11) is 0.252. The minimum absolute atomic E-state index is 0.549. The minimum atomic E-state index is -3.34. The van der Waals surface area contributed by atoms with Crippen LogP contribution in [0.15, 0.2) is 0 Å². The van der Waals surface area contributed by atoms with Gasteiger partial charge >= 0.3 is 15.3 Å². The molecular formula is C12H32N4O3P2. The van der Waals surface area contributed by atoms with Crippen LogP contribution in [0.5, 0.6) is 0 Å². The number of hydrogen-bond donors (Lipinski definition) is 0. The number of nitrogens with zero attached hydrogens (tertiary/aromatic N) is 4. The molecule has 7 nitrogen and oxygen atoms in total. The molecule has 0 aromatic heterocycles. The van der Waals surface area contributed by atoms with Crippen LogP contribution in [-0.4, -0.2) is 73.1 Å². The first-order valence-electron chi connectivity index (χ1n) is 7.41. The monoisotopic (exact) mass is 342 g/mol. The van der Waals surface area contributed by atoms with Gasteiger partial charge in [-0.05, 0) is 28.2 Å². The summed E-state index contributed by atoms with van der Waals surface area (Å²) in [5.74, 6) is 0. The third-order valence-electron chi connectivity index (χ3n) is 3.77. The highest BCUT2D eigenvalue weighted by Gasteiger charge is 2.44. The second-order valence-electron chi connectivity index (χ2n) is 4.96. The van der Waals surface area contributed by atoms with Gasteiger partial charge in [-0.1, -0.05) is 27.7 Å². The minimum Gasteiger partial charge on any atom is -0.255 e. The Morgan fingerprint density at radius 2 is 0.810 bits per heavy atom. The summed E-state index contributed by atoms with van der Waals surface area (Å²) in [6, 6.07) is 0. The molecule has 0 atom stereocenters. The number of rotatable bonds is 10. The predicted molar refractivity (Wildman–Crippen MR) is 89.5 cm³/mol. The zero-order valence-corrected chi connectivity index (χ0v) is 16.5. The van der Waals surface area contributed by atoms with Crippen molar-refractivity contribution in [3.8, 4) is 0 Å². The predicted octanol–water partition coefficient (Wildman–Crippen LogP) is 3.03. The zero-order valence-electron chi connectivity index (χ0n) is 14.7. The second kappa shape index (κ2) is 8.78. The van der Waals surface area contributed by atoms with Gasteiger partial charge in [-0.15, -0.1) is 0 Å². The molecule has 128 valence electrons. The lowest BCUT2D eigenvalue weighted by Gasteiger charge is -2.40. The molecular weight excluding hydrogens is 310 g/mol. The van der Waals surface area contributed by atoms with Crippen LogP contribution in [0.2, 0.25) is 0 Å². The van der Waals surface area contributed by atoms with Crippen LogP contribution in [0, 0.1) is 0 Å². The van der Waals surface area contributed by atoms with E-state index in [1.54, 1.807) is 46.9 Å². The van der Waals surface area contributed by atoms with E-state index in [9.17, 15) is 9.13 Å². The highest BCUT2D eigenvalue weighted by molar-refractivity contribution is 7.67. The third-order valence-corrected chi connectivity index (χ3v) is 10.1. The van der Waals surface area contributed by atoms with Gasteiger partial charge in [-0.2, -0.15) is 0 Å². The van der Waals surface area contributed by atoms with Gasteiger partial charge in [-0.25, -0.2) is 23.0 Å². The molecule has 0 heterocycles. The van der Waals surface area contributed by atoms with Crippen LogP contribution >= 0.6 is 15.3 Å². The van der Waals surface area contributed by atoms with E-state index in [0.29, 0.717) is 26.2 Å². The van der Waals surface area contributed by atoms with Gasteiger partial charge in [-0.3, -0.25) is 9.13 Å². The maximum Gasteiger partial charge on any atom is 0.352 e. The summed E-state index contributed by atoms with van der Waals surface area (Å²) in [4.78, 5) is 0. The lowest BCUT2D eigenvalue weighted by molar-refractivity contribution is 0.274. The molecule has 0 fully saturated rings. The molecule has 0 rings (SSSR count). The van der Waals surface area contributed by atoms with E-state index >= 15 is 0 Å². The first kappa shape index (κ1) is 21.3. The molecule has 0 radical (unpaired) electrons. The van der Waals surface area contributed by atoms with Crippen molar-refractivity contribution in [2.24, 2.45) is 0 Å². The van der Waals surface area contributed by atoms with Crippen molar-refractivity contribution >= 4 is 15.3 Å². The summed E-state index contributed by atoms with van der Waals surface area (Å²) in [6.45, 7) is 9.80. The Balaban J connectivity index is 5.74. The molecule has 0 aliphatic rings. The van der Waals surface area contributed by atoms with Gasteiger partial charge in [0.25, 0.3) is 0 Å². The van der Waals surface area contributed by atoms with Crippen LogP contribution < -0.4 is 0 Å². The highest BCUT2D eigenvalue weighted by atomic mass is 31.3. The van der Waals surface area contributed by atoms with Gasteiger partial charge in [0.05, 0.1) is 0 Å². The molecule has 0 spiro atoms. The summed E-state index contributed by atoms with van der Waals surface area (Å²) in [5.41, 5.74) is 0. The Labute approximate surface area is 130 Å². The Morgan fingerprint density at radius 1 is 0.619 bits per heavy atom. The third kappa shape index (κ3) is 4.61. The first-order chi connectivity index (χ1) is 9.63. The molecule has 21 heavy (non-hydrogen) atoms. The van der Waals surface area contributed by atoms with E-state index in [0.717, 1.165) is 0 Å². The Hall–Kier alpha value is 0.260. The fourth-order valence-corrected chi connectivity index (χ4v) is 7.20. The Bertz CT molecular complexity index is 344. The molecule has 0 aliphatic carbocycles. The topological polar surface area (TPSA) is 56.3 Å². The molecule has 0 aromatic rings. The standard InChI is InChI=1S/C12H32N4O3P2/c1-9-13(5)20(17,14(6)10-2)19-21(18,15(7)11-3)16(8)12-4/h9-12H2,1-8H3. The van der Waals surface area contributed by atoms with Crippen LogP contribution in [-0.2, 0) is 13.4 Å². The van der Waals surface area contributed by atoms with Crippen molar-refractivity contribution in [2.45, 2.75) is 27.7 Å². The van der Waals surface area contributed by atoms with Crippen molar-refractivity contribution in [3.63, 3.8) is 0 Å². The largest absolute Gasteiger partial charge is 0.352 e.